The van der Waals surface area contributed by atoms with E-state index in [0.717, 1.165) is 21.7 Å². The van der Waals surface area contributed by atoms with Crippen molar-refractivity contribution in [2.75, 3.05) is 17.1 Å². The SMILES string of the molecule is CC(C)NC(=O)[C@H](Cc1ccccc1)N(Cc1ccc(Cl)c(Cl)c1)C(=O)CN(c1ccccc1C(C)C)S(C)(=O)=O. The summed E-state index contributed by atoms with van der Waals surface area (Å²) in [5, 5.41) is 3.60. The van der Waals surface area contributed by atoms with Crippen LogP contribution in [0, 0.1) is 0 Å². The molecule has 0 fully saturated rings. The minimum absolute atomic E-state index is 0.0144. The Kier molecular flexibility index (Phi) is 11.2. The Morgan fingerprint density at radius 3 is 2.07 bits per heavy atom. The van der Waals surface area contributed by atoms with Crippen molar-refractivity contribution >= 4 is 50.7 Å². The lowest BCUT2D eigenvalue weighted by atomic mass is 10.0. The van der Waals surface area contributed by atoms with E-state index in [4.69, 9.17) is 23.2 Å². The van der Waals surface area contributed by atoms with Gasteiger partial charge in [0.2, 0.25) is 21.8 Å². The number of benzene rings is 3. The molecule has 3 aromatic rings. The maximum absolute atomic E-state index is 14.2. The van der Waals surface area contributed by atoms with Gasteiger partial charge in [-0.3, -0.25) is 13.9 Å². The summed E-state index contributed by atoms with van der Waals surface area (Å²) in [5.41, 5.74) is 2.73. The number of para-hydroxylation sites is 1. The Bertz CT molecular complexity index is 1460. The van der Waals surface area contributed by atoms with Crippen LogP contribution in [-0.4, -0.2) is 50.0 Å². The Balaban J connectivity index is 2.11. The van der Waals surface area contributed by atoms with Crippen LogP contribution in [0.15, 0.2) is 72.8 Å². The van der Waals surface area contributed by atoms with Gasteiger partial charge in [-0.1, -0.05) is 91.6 Å². The van der Waals surface area contributed by atoms with Crippen LogP contribution >= 0.6 is 23.2 Å². The van der Waals surface area contributed by atoms with Crippen molar-refractivity contribution in [1.29, 1.82) is 0 Å². The number of sulfonamides is 1. The van der Waals surface area contributed by atoms with Crippen LogP contribution in [0.1, 0.15) is 50.3 Å². The van der Waals surface area contributed by atoms with Crippen LogP contribution in [0.2, 0.25) is 10.0 Å². The van der Waals surface area contributed by atoms with Gasteiger partial charge in [-0.15, -0.1) is 0 Å². The van der Waals surface area contributed by atoms with Gasteiger partial charge in [0.15, 0.2) is 0 Å². The Morgan fingerprint density at radius 2 is 1.49 bits per heavy atom. The van der Waals surface area contributed by atoms with E-state index >= 15 is 0 Å². The van der Waals surface area contributed by atoms with Gasteiger partial charge in [0.25, 0.3) is 0 Å². The summed E-state index contributed by atoms with van der Waals surface area (Å²) in [6.45, 7) is 7.15. The summed E-state index contributed by atoms with van der Waals surface area (Å²) in [4.78, 5) is 29.3. The molecular weight excluding hydrogens is 581 g/mol. The number of nitrogens with one attached hydrogen (secondary N) is 1. The molecule has 1 atom stereocenters. The number of halogens is 2. The van der Waals surface area contributed by atoms with Crippen LogP contribution in [0.4, 0.5) is 5.69 Å². The molecule has 7 nitrogen and oxygen atoms in total. The van der Waals surface area contributed by atoms with Crippen molar-refractivity contribution in [3.05, 3.63) is 99.5 Å². The van der Waals surface area contributed by atoms with E-state index in [2.05, 4.69) is 5.32 Å². The van der Waals surface area contributed by atoms with E-state index in [1.165, 1.54) is 4.90 Å². The summed E-state index contributed by atoms with van der Waals surface area (Å²) < 4.78 is 27.3. The smallest absolute Gasteiger partial charge is 0.244 e. The van der Waals surface area contributed by atoms with Crippen molar-refractivity contribution in [3.63, 3.8) is 0 Å². The lowest BCUT2D eigenvalue weighted by Crippen LogP contribution is -2.54. The predicted octanol–water partition coefficient (Wildman–Crippen LogP) is 6.05. The molecule has 41 heavy (non-hydrogen) atoms. The van der Waals surface area contributed by atoms with Crippen molar-refractivity contribution < 1.29 is 18.0 Å². The summed E-state index contributed by atoms with van der Waals surface area (Å²) in [6.07, 6.45) is 1.31. The number of hydrogen-bond donors (Lipinski definition) is 1. The standard InChI is InChI=1S/C31H37Cl2N3O4S/c1-21(2)25-13-9-10-14-28(25)36(41(5,39)40)20-30(37)35(19-24-15-16-26(32)27(33)17-24)29(31(38)34-22(3)4)18-23-11-7-6-8-12-23/h6-17,21-22,29H,18-20H2,1-5H3,(H,34,38)/t29-/m0/s1. The van der Waals surface area contributed by atoms with Gasteiger partial charge < -0.3 is 10.2 Å². The first-order chi connectivity index (χ1) is 19.3. The average Bonchev–Trinajstić information content (AvgIpc) is 2.90. The second-order valence-electron chi connectivity index (χ2n) is 10.6. The highest BCUT2D eigenvalue weighted by atomic mass is 35.5. The molecule has 0 spiro atoms. The monoisotopic (exact) mass is 617 g/mol. The molecule has 0 bridgehead atoms. The molecule has 0 aromatic heterocycles. The molecule has 3 aromatic carbocycles. The molecule has 0 saturated heterocycles. The van der Waals surface area contributed by atoms with Crippen LogP contribution in [0.25, 0.3) is 0 Å². The van der Waals surface area contributed by atoms with Gasteiger partial charge in [0, 0.05) is 19.0 Å². The largest absolute Gasteiger partial charge is 0.352 e. The van der Waals surface area contributed by atoms with Crippen LogP contribution in [-0.2, 0) is 32.6 Å². The van der Waals surface area contributed by atoms with Gasteiger partial charge in [0.05, 0.1) is 22.0 Å². The zero-order valence-corrected chi connectivity index (χ0v) is 26.3. The molecule has 3 rings (SSSR count). The first-order valence-corrected chi connectivity index (χ1v) is 16.0. The molecule has 0 aliphatic heterocycles. The third-order valence-corrected chi connectivity index (χ3v) is 8.41. The summed E-state index contributed by atoms with van der Waals surface area (Å²) in [5.74, 6) is -0.855. The van der Waals surface area contributed by atoms with Gasteiger partial charge in [-0.2, -0.15) is 0 Å². The van der Waals surface area contributed by atoms with E-state index in [9.17, 15) is 18.0 Å². The van der Waals surface area contributed by atoms with Crippen molar-refractivity contribution in [1.82, 2.24) is 10.2 Å². The first kappa shape index (κ1) is 32.4. The van der Waals surface area contributed by atoms with Crippen molar-refractivity contribution in [2.45, 2.75) is 58.7 Å². The molecule has 220 valence electrons. The average molecular weight is 619 g/mol. The van der Waals surface area contributed by atoms with Crippen LogP contribution in [0.3, 0.4) is 0 Å². The molecule has 0 aliphatic rings. The number of carbonyl (C=O) groups excluding carboxylic acids is 2. The first-order valence-electron chi connectivity index (χ1n) is 13.4. The highest BCUT2D eigenvalue weighted by Gasteiger charge is 2.34. The molecule has 0 heterocycles. The maximum Gasteiger partial charge on any atom is 0.244 e. The molecule has 2 amide bonds. The summed E-state index contributed by atoms with van der Waals surface area (Å²) in [7, 11) is -3.86. The maximum atomic E-state index is 14.2. The lowest BCUT2D eigenvalue weighted by Gasteiger charge is -2.34. The van der Waals surface area contributed by atoms with Crippen molar-refractivity contribution in [3.8, 4) is 0 Å². The minimum atomic E-state index is -3.86. The van der Waals surface area contributed by atoms with Crippen molar-refractivity contribution in [2.24, 2.45) is 0 Å². The van der Waals surface area contributed by atoms with Crippen LogP contribution in [0.5, 0.6) is 0 Å². The zero-order valence-electron chi connectivity index (χ0n) is 24.0. The lowest BCUT2D eigenvalue weighted by molar-refractivity contribution is -0.140. The Hall–Kier alpha value is -3.07. The van der Waals surface area contributed by atoms with E-state index in [-0.39, 0.29) is 30.8 Å². The second-order valence-corrected chi connectivity index (χ2v) is 13.3. The van der Waals surface area contributed by atoms with E-state index < -0.39 is 28.5 Å². The molecule has 0 radical (unpaired) electrons. The fourth-order valence-corrected chi connectivity index (χ4v) is 5.76. The Morgan fingerprint density at radius 1 is 0.854 bits per heavy atom. The van der Waals surface area contributed by atoms with E-state index in [1.807, 2.05) is 70.2 Å². The summed E-state index contributed by atoms with van der Waals surface area (Å²) in [6, 6.07) is 20.4. The number of anilines is 1. The van der Waals surface area contributed by atoms with Gasteiger partial charge in [0.1, 0.15) is 12.6 Å². The fourth-order valence-electron chi connectivity index (χ4n) is 4.57. The van der Waals surface area contributed by atoms with E-state index in [0.29, 0.717) is 21.3 Å². The van der Waals surface area contributed by atoms with Gasteiger partial charge >= 0.3 is 0 Å². The highest BCUT2D eigenvalue weighted by molar-refractivity contribution is 7.92. The third kappa shape index (κ3) is 8.96. The highest BCUT2D eigenvalue weighted by Crippen LogP contribution is 2.30. The van der Waals surface area contributed by atoms with Gasteiger partial charge in [-0.05, 0) is 54.7 Å². The van der Waals surface area contributed by atoms with E-state index in [1.54, 1.807) is 30.3 Å². The third-order valence-electron chi connectivity index (χ3n) is 6.55. The number of rotatable bonds is 12. The molecule has 0 aliphatic carbocycles. The van der Waals surface area contributed by atoms with Crippen LogP contribution < -0.4 is 9.62 Å². The molecular formula is C31H37Cl2N3O4S. The van der Waals surface area contributed by atoms with Gasteiger partial charge in [-0.25, -0.2) is 8.42 Å². The second kappa shape index (κ2) is 14.2. The zero-order chi connectivity index (χ0) is 30.3. The molecule has 1 N–H and O–H groups in total. The number of amides is 2. The number of carbonyl (C=O) groups is 2. The molecule has 10 heteroatoms. The number of hydrogen-bond acceptors (Lipinski definition) is 4. The predicted molar refractivity (Wildman–Crippen MR) is 167 cm³/mol. The normalized spacial score (nSPS) is 12.3. The Labute approximate surface area is 253 Å². The molecule has 0 saturated carbocycles. The number of nitrogens with zero attached hydrogens (tertiary/aromatic N) is 2. The minimum Gasteiger partial charge on any atom is -0.352 e. The summed E-state index contributed by atoms with van der Waals surface area (Å²) >= 11 is 12.4. The topological polar surface area (TPSA) is 86.8 Å². The fraction of sp³-hybridized carbons (Fsp3) is 0.355. The quantitative estimate of drug-likeness (QED) is 0.268. The molecule has 0 unspecified atom stereocenters.